The van der Waals surface area contributed by atoms with Crippen molar-refractivity contribution in [3.05, 3.63) is 72.6 Å². The number of nitrogens with zero attached hydrogens (tertiary/aromatic N) is 3. The first kappa shape index (κ1) is 28.0. The monoisotopic (exact) mass is 528 g/mol. The summed E-state index contributed by atoms with van der Waals surface area (Å²) in [5, 5.41) is 12.0. The highest BCUT2D eigenvalue weighted by Gasteiger charge is 2.23. The third kappa shape index (κ3) is 8.50. The van der Waals surface area contributed by atoms with Gasteiger partial charge in [0.05, 0.1) is 17.9 Å². The Bertz CT molecular complexity index is 1200. The maximum Gasteiger partial charge on any atom is 0.405 e. The van der Waals surface area contributed by atoms with Crippen LogP contribution in [0.25, 0.3) is 11.3 Å². The maximum atomic E-state index is 14.6. The number of amides is 1. The third-order valence-electron chi connectivity index (χ3n) is 5.66. The number of ketones is 1. The Morgan fingerprint density at radius 1 is 1.24 bits per heavy atom. The van der Waals surface area contributed by atoms with E-state index in [0.29, 0.717) is 30.1 Å². The fourth-order valence-electron chi connectivity index (χ4n) is 3.64. The normalized spacial score (nSPS) is 12.6. The Kier molecular flexibility index (Phi) is 9.92. The number of carboxylic acid groups (broad SMARTS) is 1. The predicted octanol–water partition coefficient (Wildman–Crippen LogP) is 5.91. The minimum atomic E-state index is -1.32. The number of oxazole rings is 1. The lowest BCUT2D eigenvalue weighted by atomic mass is 10.1. The van der Waals surface area contributed by atoms with Gasteiger partial charge in [-0.3, -0.25) is 4.79 Å². The molecule has 1 amide bonds. The molecule has 198 valence electrons. The van der Waals surface area contributed by atoms with Crippen LogP contribution in [-0.2, 0) is 11.5 Å². The zero-order valence-corrected chi connectivity index (χ0v) is 22.3. The highest BCUT2D eigenvalue weighted by atomic mass is 28.3. The smallest absolute Gasteiger partial charge is 0.405 e. The van der Waals surface area contributed by atoms with Gasteiger partial charge in [0.2, 0.25) is 0 Å². The van der Waals surface area contributed by atoms with Crippen molar-refractivity contribution in [2.45, 2.75) is 57.7 Å². The van der Waals surface area contributed by atoms with E-state index in [2.05, 4.69) is 34.9 Å². The second kappa shape index (κ2) is 13.1. The summed E-state index contributed by atoms with van der Waals surface area (Å²) in [6, 6.07) is 6.61. The van der Waals surface area contributed by atoms with Crippen LogP contribution in [-0.4, -0.2) is 46.2 Å². The van der Waals surface area contributed by atoms with Crippen LogP contribution in [0.3, 0.4) is 0 Å². The lowest BCUT2D eigenvalue weighted by Crippen LogP contribution is -2.29. The van der Waals surface area contributed by atoms with Crippen LogP contribution in [0.15, 0.2) is 59.7 Å². The zero-order valence-electron chi connectivity index (χ0n) is 21.3. The topological polar surface area (TPSA) is 119 Å². The largest absolute Gasteiger partial charge is 0.465 e. The SMILES string of the molecule is C[Si](C)(C)CCOCn1c(-c2ccccc2F)cnc1C(CC=CCCC(=O)c1cocn1)NC(=O)O. The molecule has 37 heavy (non-hydrogen) atoms. The van der Waals surface area contributed by atoms with E-state index in [1.54, 1.807) is 28.8 Å². The van der Waals surface area contributed by atoms with Crippen molar-refractivity contribution in [2.75, 3.05) is 6.61 Å². The Hall–Kier alpha value is -3.57. The van der Waals surface area contributed by atoms with Crippen LogP contribution in [0, 0.1) is 5.82 Å². The van der Waals surface area contributed by atoms with Crippen molar-refractivity contribution in [1.82, 2.24) is 19.9 Å². The van der Waals surface area contributed by atoms with Crippen molar-refractivity contribution in [1.29, 1.82) is 0 Å². The summed E-state index contributed by atoms with van der Waals surface area (Å²) in [5.74, 6) is -0.132. The summed E-state index contributed by atoms with van der Waals surface area (Å²) in [7, 11) is -1.32. The van der Waals surface area contributed by atoms with Gasteiger partial charge in [-0.2, -0.15) is 0 Å². The van der Waals surface area contributed by atoms with Crippen molar-refractivity contribution in [3.8, 4) is 11.3 Å². The van der Waals surface area contributed by atoms with Crippen LogP contribution in [0.1, 0.15) is 41.6 Å². The Morgan fingerprint density at radius 2 is 2.03 bits per heavy atom. The minimum absolute atomic E-state index is 0.108. The Labute approximate surface area is 216 Å². The molecule has 0 aliphatic rings. The van der Waals surface area contributed by atoms with Gasteiger partial charge in [0.1, 0.15) is 30.3 Å². The molecule has 0 fully saturated rings. The highest BCUT2D eigenvalue weighted by Crippen LogP contribution is 2.28. The maximum absolute atomic E-state index is 14.6. The third-order valence-corrected chi connectivity index (χ3v) is 7.36. The average Bonchev–Trinajstić information content (AvgIpc) is 3.51. The lowest BCUT2D eigenvalue weighted by Gasteiger charge is -2.20. The summed E-state index contributed by atoms with van der Waals surface area (Å²) in [4.78, 5) is 32.0. The number of benzene rings is 1. The second-order valence-electron chi connectivity index (χ2n) is 9.80. The molecule has 0 saturated heterocycles. The molecule has 1 unspecified atom stereocenters. The average molecular weight is 529 g/mol. The summed E-state index contributed by atoms with van der Waals surface area (Å²) in [6.07, 6.45) is 7.43. The minimum Gasteiger partial charge on any atom is -0.465 e. The van der Waals surface area contributed by atoms with Gasteiger partial charge in [-0.25, -0.2) is 19.2 Å². The molecule has 3 rings (SSSR count). The molecular weight excluding hydrogens is 495 g/mol. The number of carbonyl (C=O) groups excluding carboxylic acids is 1. The molecule has 1 aromatic carbocycles. The number of halogens is 1. The van der Waals surface area contributed by atoms with E-state index in [1.807, 2.05) is 6.08 Å². The molecule has 0 spiro atoms. The number of aromatic nitrogens is 3. The number of rotatable bonds is 14. The lowest BCUT2D eigenvalue weighted by molar-refractivity contribution is 0.0847. The Balaban J connectivity index is 1.78. The summed E-state index contributed by atoms with van der Waals surface area (Å²) in [6.45, 7) is 7.41. The van der Waals surface area contributed by atoms with Crippen molar-refractivity contribution in [3.63, 3.8) is 0 Å². The molecule has 2 aromatic heterocycles. The molecule has 0 radical (unpaired) electrons. The van der Waals surface area contributed by atoms with E-state index in [0.717, 1.165) is 6.04 Å². The number of ether oxygens (including phenoxy) is 1. The van der Waals surface area contributed by atoms with Gasteiger partial charge in [0.15, 0.2) is 12.2 Å². The molecule has 2 N–H and O–H groups in total. The van der Waals surface area contributed by atoms with Crippen LogP contribution < -0.4 is 5.32 Å². The summed E-state index contributed by atoms with van der Waals surface area (Å²) in [5.41, 5.74) is 1.13. The molecule has 0 aliphatic heterocycles. The first-order valence-electron chi connectivity index (χ1n) is 12.1. The first-order valence-corrected chi connectivity index (χ1v) is 15.8. The number of carbonyl (C=O) groups is 2. The molecule has 0 bridgehead atoms. The molecule has 0 saturated carbocycles. The zero-order chi connectivity index (χ0) is 26.8. The van der Waals surface area contributed by atoms with Crippen LogP contribution in [0.4, 0.5) is 9.18 Å². The fraction of sp³-hybridized carbons (Fsp3) is 0.385. The first-order chi connectivity index (χ1) is 17.7. The highest BCUT2D eigenvalue weighted by molar-refractivity contribution is 6.76. The molecule has 9 nitrogen and oxygen atoms in total. The van der Waals surface area contributed by atoms with Gasteiger partial charge in [-0.1, -0.05) is 43.9 Å². The van der Waals surface area contributed by atoms with Crippen LogP contribution in [0.5, 0.6) is 0 Å². The fourth-order valence-corrected chi connectivity index (χ4v) is 4.40. The summed E-state index contributed by atoms with van der Waals surface area (Å²) < 4.78 is 27.1. The summed E-state index contributed by atoms with van der Waals surface area (Å²) >= 11 is 0. The van der Waals surface area contributed by atoms with E-state index in [1.165, 1.54) is 24.9 Å². The Morgan fingerprint density at radius 3 is 2.70 bits per heavy atom. The van der Waals surface area contributed by atoms with Gasteiger partial charge in [0, 0.05) is 26.7 Å². The van der Waals surface area contributed by atoms with E-state index in [4.69, 9.17) is 9.15 Å². The number of Topliss-reactive ketones (excluding diaryl/α,β-unsaturated/α-hetero) is 1. The number of hydrogen-bond donors (Lipinski definition) is 2. The van der Waals surface area contributed by atoms with Gasteiger partial charge in [-0.05, 0) is 31.0 Å². The van der Waals surface area contributed by atoms with Gasteiger partial charge >= 0.3 is 6.09 Å². The molecule has 0 aliphatic carbocycles. The van der Waals surface area contributed by atoms with Crippen molar-refractivity contribution >= 4 is 20.0 Å². The number of imidazole rings is 1. The van der Waals surface area contributed by atoms with Gasteiger partial charge in [0.25, 0.3) is 0 Å². The molecule has 2 heterocycles. The van der Waals surface area contributed by atoms with Crippen LogP contribution in [0.2, 0.25) is 25.7 Å². The molecule has 11 heteroatoms. The van der Waals surface area contributed by atoms with Crippen molar-refractivity contribution < 1.29 is 28.2 Å². The predicted molar refractivity (Wildman–Crippen MR) is 139 cm³/mol. The van der Waals surface area contributed by atoms with E-state index in [-0.39, 0.29) is 31.0 Å². The molecule has 3 aromatic rings. The second-order valence-corrected chi connectivity index (χ2v) is 15.4. The molecule has 1 atom stereocenters. The van der Waals surface area contributed by atoms with Crippen LogP contribution >= 0.6 is 0 Å². The van der Waals surface area contributed by atoms with E-state index in [9.17, 15) is 19.1 Å². The van der Waals surface area contributed by atoms with Gasteiger partial charge in [-0.15, -0.1) is 0 Å². The quantitative estimate of drug-likeness (QED) is 0.116. The number of hydrogen-bond acceptors (Lipinski definition) is 6. The number of nitrogens with one attached hydrogen (secondary N) is 1. The standard InChI is InChI=1S/C26H33FN4O5Si/c1-37(2,3)14-13-35-18-31-23(19-9-7-8-10-20(19)27)15-28-25(31)21(30-26(33)34)11-5-4-6-12-24(32)22-16-36-17-29-22/h4-5,7-10,15-17,21,30H,6,11-14,18H2,1-3H3,(H,33,34). The van der Waals surface area contributed by atoms with Gasteiger partial charge < -0.3 is 24.1 Å². The number of allylic oxidation sites excluding steroid dienone is 1. The van der Waals surface area contributed by atoms with E-state index < -0.39 is 26.0 Å². The molecular formula is C26H33FN4O5Si. The van der Waals surface area contributed by atoms with Crippen molar-refractivity contribution in [2.24, 2.45) is 0 Å². The van der Waals surface area contributed by atoms with E-state index >= 15 is 0 Å².